The van der Waals surface area contributed by atoms with Crippen molar-refractivity contribution in [3.8, 4) is 0 Å². The summed E-state index contributed by atoms with van der Waals surface area (Å²) in [7, 11) is 3.59. The molecule has 0 unspecified atom stereocenters. The highest BCUT2D eigenvalue weighted by Crippen LogP contribution is 2.19. The molecule has 2 rings (SSSR count). The van der Waals surface area contributed by atoms with Crippen LogP contribution in [0.1, 0.15) is 17.7 Å². The number of benzene rings is 1. The number of hydrogen-bond donors (Lipinski definition) is 3. The van der Waals surface area contributed by atoms with Gasteiger partial charge in [-0.1, -0.05) is 15.9 Å². The van der Waals surface area contributed by atoms with Gasteiger partial charge < -0.3 is 16.0 Å². The third kappa shape index (κ3) is 5.90. The molecule has 0 saturated heterocycles. The van der Waals surface area contributed by atoms with E-state index < -0.39 is 0 Å². The monoisotopic (exact) mass is 406 g/mol. The van der Waals surface area contributed by atoms with E-state index in [-0.39, 0.29) is 5.91 Å². The summed E-state index contributed by atoms with van der Waals surface area (Å²) in [6.07, 6.45) is 2.10. The Morgan fingerprint density at radius 3 is 2.76 bits per heavy atom. The fourth-order valence-corrected chi connectivity index (χ4v) is 2.72. The molecule has 25 heavy (non-hydrogen) atoms. The summed E-state index contributed by atoms with van der Waals surface area (Å²) in [4.78, 5) is 16.2. The van der Waals surface area contributed by atoms with Crippen molar-refractivity contribution < 1.29 is 4.79 Å². The number of nitrogens with one attached hydrogen (secondary N) is 3. The van der Waals surface area contributed by atoms with Crippen LogP contribution in [0.15, 0.2) is 39.9 Å². The molecule has 8 heteroatoms. The minimum Gasteiger partial charge on any atom is -0.356 e. The Morgan fingerprint density at radius 1 is 1.32 bits per heavy atom. The minimum atomic E-state index is -0.0417. The van der Waals surface area contributed by atoms with Crippen LogP contribution < -0.4 is 16.0 Å². The number of aromatic nitrogens is 2. The number of nitrogens with zero attached hydrogens (tertiary/aromatic N) is 3. The van der Waals surface area contributed by atoms with Gasteiger partial charge in [-0.2, -0.15) is 5.10 Å². The number of halogens is 1. The van der Waals surface area contributed by atoms with E-state index in [1.54, 1.807) is 17.9 Å². The maximum atomic E-state index is 12.1. The summed E-state index contributed by atoms with van der Waals surface area (Å²) in [5.74, 6) is 0.605. The summed E-state index contributed by atoms with van der Waals surface area (Å²) in [6, 6.07) is 7.70. The summed E-state index contributed by atoms with van der Waals surface area (Å²) in [5.41, 5.74) is 2.89. The topological polar surface area (TPSA) is 83.3 Å². The Hall–Kier alpha value is -2.35. The van der Waals surface area contributed by atoms with E-state index in [0.717, 1.165) is 21.4 Å². The number of anilines is 1. The largest absolute Gasteiger partial charge is 0.356 e. The molecular formula is C17H23BrN6O. The van der Waals surface area contributed by atoms with Gasteiger partial charge in [-0.3, -0.25) is 14.5 Å². The van der Waals surface area contributed by atoms with Crippen LogP contribution >= 0.6 is 15.9 Å². The molecular weight excluding hydrogens is 384 g/mol. The van der Waals surface area contributed by atoms with Gasteiger partial charge in [0.15, 0.2) is 5.96 Å². The Labute approximate surface area is 156 Å². The lowest BCUT2D eigenvalue weighted by Crippen LogP contribution is -2.38. The van der Waals surface area contributed by atoms with Gasteiger partial charge in [0.2, 0.25) is 5.91 Å². The van der Waals surface area contributed by atoms with Crippen LogP contribution in [0.2, 0.25) is 0 Å². The lowest BCUT2D eigenvalue weighted by molar-refractivity contribution is -0.116. The molecule has 134 valence electrons. The predicted octanol–water partition coefficient (Wildman–Crippen LogP) is 2.18. The summed E-state index contributed by atoms with van der Waals surface area (Å²) in [6.45, 7) is 3.07. The SMILES string of the molecule is CN=C(NCCC(=O)Nc1ccc(Br)cc1C)NCc1ccnn1C. The van der Waals surface area contributed by atoms with E-state index in [1.165, 1.54) is 0 Å². The van der Waals surface area contributed by atoms with Gasteiger partial charge in [0.25, 0.3) is 0 Å². The predicted molar refractivity (Wildman–Crippen MR) is 104 cm³/mol. The second-order valence-corrected chi connectivity index (χ2v) is 6.47. The van der Waals surface area contributed by atoms with Crippen LogP contribution in [0, 0.1) is 6.92 Å². The molecule has 0 aliphatic rings. The van der Waals surface area contributed by atoms with Gasteiger partial charge in [-0.25, -0.2) is 0 Å². The fraction of sp³-hybridized carbons (Fsp3) is 0.353. The minimum absolute atomic E-state index is 0.0417. The number of amides is 1. The third-order valence-electron chi connectivity index (χ3n) is 3.69. The second kappa shape index (κ2) is 9.22. The highest BCUT2D eigenvalue weighted by atomic mass is 79.9. The number of carbonyl (C=O) groups is 1. The van der Waals surface area contributed by atoms with Crippen LogP contribution in [0.25, 0.3) is 0 Å². The molecule has 0 aliphatic heterocycles. The van der Waals surface area contributed by atoms with Crippen molar-refractivity contribution in [3.63, 3.8) is 0 Å². The third-order valence-corrected chi connectivity index (χ3v) is 4.18. The molecule has 1 heterocycles. The average Bonchev–Trinajstić information content (AvgIpc) is 2.98. The number of aliphatic imine (C=N–C) groups is 1. The fourth-order valence-electron chi connectivity index (χ4n) is 2.24. The number of guanidine groups is 1. The van der Waals surface area contributed by atoms with E-state index in [2.05, 4.69) is 42.0 Å². The molecule has 0 aliphatic carbocycles. The maximum Gasteiger partial charge on any atom is 0.226 e. The zero-order valence-corrected chi connectivity index (χ0v) is 16.2. The molecule has 0 bridgehead atoms. The molecule has 0 atom stereocenters. The van der Waals surface area contributed by atoms with Crippen LogP contribution in [0.5, 0.6) is 0 Å². The zero-order valence-electron chi connectivity index (χ0n) is 14.6. The van der Waals surface area contributed by atoms with Gasteiger partial charge in [-0.05, 0) is 36.8 Å². The van der Waals surface area contributed by atoms with Crippen LogP contribution in [-0.2, 0) is 18.4 Å². The van der Waals surface area contributed by atoms with Gasteiger partial charge in [-0.15, -0.1) is 0 Å². The number of hydrogen-bond acceptors (Lipinski definition) is 3. The van der Waals surface area contributed by atoms with Crippen molar-refractivity contribution in [2.24, 2.45) is 12.0 Å². The molecule has 0 saturated carbocycles. The van der Waals surface area contributed by atoms with E-state index in [0.29, 0.717) is 25.5 Å². The maximum absolute atomic E-state index is 12.1. The van der Waals surface area contributed by atoms with E-state index in [4.69, 9.17) is 0 Å². The Bertz CT molecular complexity index is 755. The van der Waals surface area contributed by atoms with Crippen LogP contribution in [-0.4, -0.2) is 35.2 Å². The van der Waals surface area contributed by atoms with Gasteiger partial charge in [0.1, 0.15) is 0 Å². The second-order valence-electron chi connectivity index (χ2n) is 5.56. The first-order chi connectivity index (χ1) is 12.0. The van der Waals surface area contributed by atoms with E-state index in [9.17, 15) is 4.79 Å². The van der Waals surface area contributed by atoms with E-state index in [1.807, 2.05) is 38.2 Å². The molecule has 0 fully saturated rings. The Balaban J connectivity index is 1.74. The number of aryl methyl sites for hydroxylation is 2. The van der Waals surface area contributed by atoms with Crippen molar-refractivity contribution in [2.75, 3.05) is 18.9 Å². The van der Waals surface area contributed by atoms with Gasteiger partial charge >= 0.3 is 0 Å². The molecule has 2 aromatic rings. The van der Waals surface area contributed by atoms with Gasteiger partial charge in [0.05, 0.1) is 12.2 Å². The standard InChI is InChI=1S/C17H23BrN6O/c1-12-10-13(18)4-5-15(12)23-16(25)7-8-20-17(19-2)21-11-14-6-9-22-24(14)3/h4-6,9-10H,7-8,11H2,1-3H3,(H,23,25)(H2,19,20,21). The van der Waals surface area contributed by atoms with Crippen molar-refractivity contribution in [2.45, 2.75) is 19.9 Å². The first kappa shape index (κ1) is 19.0. The molecule has 1 aromatic carbocycles. The molecule has 0 spiro atoms. The smallest absolute Gasteiger partial charge is 0.226 e. The Kier molecular flexibility index (Phi) is 7.00. The molecule has 3 N–H and O–H groups in total. The molecule has 0 radical (unpaired) electrons. The first-order valence-electron chi connectivity index (χ1n) is 7.97. The van der Waals surface area contributed by atoms with Crippen molar-refractivity contribution in [3.05, 3.63) is 46.2 Å². The van der Waals surface area contributed by atoms with Gasteiger partial charge in [0, 0.05) is 43.4 Å². The number of rotatable bonds is 6. The normalized spacial score (nSPS) is 11.3. The Morgan fingerprint density at radius 2 is 2.12 bits per heavy atom. The molecule has 1 aromatic heterocycles. The first-order valence-corrected chi connectivity index (χ1v) is 8.76. The zero-order chi connectivity index (χ0) is 18.2. The van der Waals surface area contributed by atoms with Crippen LogP contribution in [0.3, 0.4) is 0 Å². The lowest BCUT2D eigenvalue weighted by Gasteiger charge is -2.12. The van der Waals surface area contributed by atoms with Crippen molar-refractivity contribution in [1.82, 2.24) is 20.4 Å². The summed E-state index contributed by atoms with van der Waals surface area (Å²) >= 11 is 3.41. The summed E-state index contributed by atoms with van der Waals surface area (Å²) in [5, 5.41) is 13.4. The van der Waals surface area contributed by atoms with Crippen LogP contribution in [0.4, 0.5) is 5.69 Å². The average molecular weight is 407 g/mol. The number of carbonyl (C=O) groups excluding carboxylic acids is 1. The summed E-state index contributed by atoms with van der Waals surface area (Å²) < 4.78 is 2.79. The molecule has 7 nitrogen and oxygen atoms in total. The highest BCUT2D eigenvalue weighted by molar-refractivity contribution is 9.10. The van der Waals surface area contributed by atoms with Crippen molar-refractivity contribution in [1.29, 1.82) is 0 Å². The van der Waals surface area contributed by atoms with E-state index >= 15 is 0 Å². The lowest BCUT2D eigenvalue weighted by atomic mass is 10.2. The van der Waals surface area contributed by atoms with Crippen molar-refractivity contribution >= 4 is 33.5 Å². The molecule has 1 amide bonds. The quantitative estimate of drug-likeness (QED) is 0.507. The highest BCUT2D eigenvalue weighted by Gasteiger charge is 2.06.